The largest absolute Gasteiger partial charge is 1.00 e. The van der Waals surface area contributed by atoms with Gasteiger partial charge in [-0.1, -0.05) is 0 Å². The van der Waals surface area contributed by atoms with Crippen LogP contribution in [0.2, 0.25) is 0 Å². The van der Waals surface area contributed by atoms with Gasteiger partial charge in [0.1, 0.15) is 18.8 Å². The van der Waals surface area contributed by atoms with E-state index in [9.17, 15) is 4.79 Å². The van der Waals surface area contributed by atoms with Crippen LogP contribution in [0.3, 0.4) is 0 Å². The molecule has 1 aromatic carbocycles. The third kappa shape index (κ3) is 5.59. The van der Waals surface area contributed by atoms with E-state index in [4.69, 9.17) is 5.11 Å². The molecule has 0 bridgehead atoms. The number of hydrogen-bond acceptors (Lipinski definition) is 1. The van der Waals surface area contributed by atoms with Crippen molar-refractivity contribution in [3.05, 3.63) is 29.8 Å². The molecule has 0 fully saturated rings. The Morgan fingerprint density at radius 3 is 2.20 bits per heavy atom. The second kappa shape index (κ2) is 8.49. The number of nitrogens with two attached hydrogens (primary N) is 1. The highest BCUT2D eigenvalue weighted by Gasteiger charge is 2.02. The lowest BCUT2D eigenvalue weighted by atomic mass is 10.2. The fourth-order valence-corrected chi connectivity index (χ4v) is 1.03. The van der Waals surface area contributed by atoms with Crippen LogP contribution in [0.4, 0.5) is 5.69 Å². The molecular formula is C9H14Cl2N2O2. The van der Waals surface area contributed by atoms with Crippen LogP contribution in [0.1, 0.15) is 10.4 Å². The van der Waals surface area contributed by atoms with Crippen molar-refractivity contribution in [2.45, 2.75) is 0 Å². The van der Waals surface area contributed by atoms with Crippen molar-refractivity contribution in [1.29, 1.82) is 0 Å². The van der Waals surface area contributed by atoms with Crippen molar-refractivity contribution in [3.8, 4) is 0 Å². The second-order valence-corrected chi connectivity index (χ2v) is 2.77. The number of halogens is 2. The first kappa shape index (κ1) is 16.6. The van der Waals surface area contributed by atoms with Crippen LogP contribution < -0.4 is 35.9 Å². The summed E-state index contributed by atoms with van der Waals surface area (Å²) in [5, 5.41) is 10.7. The molecule has 1 aromatic rings. The van der Waals surface area contributed by atoms with Gasteiger partial charge in [-0.3, -0.25) is 0 Å². The number of carboxylic acid groups (broad SMARTS) is 1. The Balaban J connectivity index is 0. The average molecular weight is 253 g/mol. The lowest BCUT2D eigenvalue weighted by Crippen LogP contribution is -3.00. The van der Waals surface area contributed by atoms with Crippen LogP contribution in [0.15, 0.2) is 24.3 Å². The monoisotopic (exact) mass is 252 g/mol. The van der Waals surface area contributed by atoms with E-state index in [1.807, 2.05) is 5.32 Å². The Bertz CT molecular complexity index is 291. The maximum atomic E-state index is 10.5. The van der Waals surface area contributed by atoms with E-state index in [0.29, 0.717) is 5.56 Å². The van der Waals surface area contributed by atoms with Crippen LogP contribution in [0, 0.1) is 0 Å². The summed E-state index contributed by atoms with van der Waals surface area (Å²) >= 11 is 0. The molecule has 15 heavy (non-hydrogen) atoms. The van der Waals surface area contributed by atoms with E-state index in [1.165, 1.54) is 0 Å². The van der Waals surface area contributed by atoms with E-state index >= 15 is 0 Å². The topological polar surface area (TPSA) is 81.5 Å². The zero-order valence-electron chi connectivity index (χ0n) is 8.12. The van der Waals surface area contributed by atoms with E-state index in [2.05, 4.69) is 5.73 Å². The molecule has 4 nitrogen and oxygen atoms in total. The lowest BCUT2D eigenvalue weighted by molar-refractivity contribution is -0.596. The quantitative estimate of drug-likeness (QED) is 0.466. The van der Waals surface area contributed by atoms with Gasteiger partial charge in [-0.25, -0.2) is 4.79 Å². The number of rotatable bonds is 4. The van der Waals surface area contributed by atoms with Gasteiger partial charge >= 0.3 is 5.97 Å². The van der Waals surface area contributed by atoms with Crippen molar-refractivity contribution >= 4 is 11.7 Å². The second-order valence-electron chi connectivity index (χ2n) is 2.77. The Hall–Kier alpha value is -0.810. The van der Waals surface area contributed by atoms with Gasteiger partial charge in [-0.2, -0.15) is 0 Å². The molecule has 0 unspecified atom stereocenters. The molecule has 0 spiro atoms. The van der Waals surface area contributed by atoms with Gasteiger partial charge in [0.05, 0.1) is 5.56 Å². The molecule has 0 saturated carbocycles. The zero-order chi connectivity index (χ0) is 9.68. The maximum absolute atomic E-state index is 10.5. The summed E-state index contributed by atoms with van der Waals surface area (Å²) < 4.78 is 0. The fraction of sp³-hybridized carbons (Fsp3) is 0.222. The minimum atomic E-state index is -0.885. The molecule has 0 aromatic heterocycles. The standard InChI is InChI=1S/C9H12N2O2.2ClH/c10-5-6-11-8-3-1-7(2-4-8)9(12)13;;/h1-4,11H,5-6,10H2,(H,12,13);2*1H. The Kier molecular flexibility index (Phi) is 9.41. The summed E-state index contributed by atoms with van der Waals surface area (Å²) in [6.45, 7) is 1.78. The lowest BCUT2D eigenvalue weighted by Gasteiger charge is -1.98. The first-order valence-electron chi connectivity index (χ1n) is 4.20. The van der Waals surface area contributed by atoms with E-state index in [0.717, 1.165) is 18.8 Å². The molecular weight excluding hydrogens is 239 g/mol. The molecule has 0 aliphatic carbocycles. The van der Waals surface area contributed by atoms with Crippen LogP contribution in [0.25, 0.3) is 0 Å². The highest BCUT2D eigenvalue weighted by Crippen LogP contribution is 2.03. The molecule has 86 valence electrons. The molecule has 0 radical (unpaired) electrons. The normalized spacial score (nSPS) is 8.60. The smallest absolute Gasteiger partial charge is 0.335 e. The van der Waals surface area contributed by atoms with Gasteiger partial charge in [0.15, 0.2) is 0 Å². The van der Waals surface area contributed by atoms with Crippen molar-refractivity contribution in [2.75, 3.05) is 13.1 Å². The van der Waals surface area contributed by atoms with Gasteiger partial charge in [-0.15, -0.1) is 0 Å². The maximum Gasteiger partial charge on any atom is 0.335 e. The first-order chi connectivity index (χ1) is 6.24. The Morgan fingerprint density at radius 1 is 1.27 bits per heavy atom. The number of benzene rings is 1. The number of carboxylic acids is 1. The highest BCUT2D eigenvalue weighted by molar-refractivity contribution is 5.87. The van der Waals surface area contributed by atoms with Crippen molar-refractivity contribution in [1.82, 2.24) is 0 Å². The third-order valence-corrected chi connectivity index (χ3v) is 1.74. The van der Waals surface area contributed by atoms with Gasteiger partial charge in [0.25, 0.3) is 0 Å². The third-order valence-electron chi connectivity index (χ3n) is 1.74. The van der Waals surface area contributed by atoms with Gasteiger partial charge < -0.3 is 41.0 Å². The van der Waals surface area contributed by atoms with Gasteiger partial charge in [0, 0.05) is 0 Å². The SMILES string of the molecule is [Cl-].[Cl-].[NH3+]CC[NH2+]c1ccc(C(=O)O)cc1. The summed E-state index contributed by atoms with van der Waals surface area (Å²) in [6.07, 6.45) is 0. The Morgan fingerprint density at radius 2 is 1.80 bits per heavy atom. The molecule has 0 atom stereocenters. The number of carbonyl (C=O) groups is 1. The average Bonchev–Trinajstić information content (AvgIpc) is 2.15. The molecule has 0 aliphatic rings. The van der Waals surface area contributed by atoms with E-state index in [-0.39, 0.29) is 24.8 Å². The molecule has 0 aliphatic heterocycles. The van der Waals surface area contributed by atoms with Crippen LogP contribution in [0.5, 0.6) is 0 Å². The number of aromatic carboxylic acids is 1. The number of quaternary nitrogens is 2. The zero-order valence-corrected chi connectivity index (χ0v) is 9.63. The summed E-state index contributed by atoms with van der Waals surface area (Å²) in [6, 6.07) is 6.83. The predicted molar refractivity (Wildman–Crippen MR) is 47.6 cm³/mol. The summed E-state index contributed by atoms with van der Waals surface area (Å²) in [4.78, 5) is 10.5. The van der Waals surface area contributed by atoms with Crippen LogP contribution in [-0.2, 0) is 0 Å². The summed E-state index contributed by atoms with van der Waals surface area (Å²) in [5.74, 6) is -0.885. The fourth-order valence-electron chi connectivity index (χ4n) is 1.03. The molecule has 0 amide bonds. The highest BCUT2D eigenvalue weighted by atomic mass is 35.5. The van der Waals surface area contributed by atoms with Crippen molar-refractivity contribution < 1.29 is 45.8 Å². The number of hydrogen-bond donors (Lipinski definition) is 3. The van der Waals surface area contributed by atoms with Gasteiger partial charge in [0.2, 0.25) is 0 Å². The van der Waals surface area contributed by atoms with Crippen molar-refractivity contribution in [3.63, 3.8) is 0 Å². The minimum Gasteiger partial charge on any atom is -1.00 e. The molecule has 0 heterocycles. The van der Waals surface area contributed by atoms with Crippen LogP contribution in [-0.4, -0.2) is 24.2 Å². The van der Waals surface area contributed by atoms with Gasteiger partial charge in [-0.05, 0) is 24.3 Å². The van der Waals surface area contributed by atoms with E-state index in [1.54, 1.807) is 24.3 Å². The molecule has 0 saturated heterocycles. The van der Waals surface area contributed by atoms with Crippen molar-refractivity contribution in [2.24, 2.45) is 0 Å². The predicted octanol–water partition coefficient (Wildman–Crippen LogP) is -7.17. The van der Waals surface area contributed by atoms with Crippen LogP contribution >= 0.6 is 0 Å². The molecule has 6 N–H and O–H groups in total. The minimum absolute atomic E-state index is 0. The Labute approximate surface area is 101 Å². The van der Waals surface area contributed by atoms with E-state index < -0.39 is 5.97 Å². The first-order valence-corrected chi connectivity index (χ1v) is 4.20. The molecule has 6 heteroatoms. The molecule has 1 rings (SSSR count). The summed E-state index contributed by atoms with van der Waals surface area (Å²) in [7, 11) is 0. The summed E-state index contributed by atoms with van der Waals surface area (Å²) in [5.41, 5.74) is 5.10.